The van der Waals surface area contributed by atoms with Crippen LogP contribution in [0.25, 0.3) is 54.9 Å². The Labute approximate surface area is 263 Å². The first-order valence-electron chi connectivity index (χ1n) is 15.5. The molecule has 1 aliphatic carbocycles. The lowest BCUT2D eigenvalue weighted by Gasteiger charge is -2.12. The van der Waals surface area contributed by atoms with Crippen LogP contribution in [0.4, 0.5) is 0 Å². The van der Waals surface area contributed by atoms with Crippen molar-refractivity contribution < 1.29 is 0 Å². The van der Waals surface area contributed by atoms with E-state index in [1.54, 1.807) is 12.2 Å². The topological polar surface area (TPSA) is 15.8 Å². The van der Waals surface area contributed by atoms with Crippen molar-refractivity contribution in [1.29, 1.82) is 0 Å². The van der Waals surface area contributed by atoms with E-state index in [4.69, 9.17) is 0 Å². The second-order valence-electron chi connectivity index (χ2n) is 10.2. The number of aromatic amines is 1. The van der Waals surface area contributed by atoms with Crippen molar-refractivity contribution in [2.75, 3.05) is 0 Å². The monoisotopic (exact) mass is 573 g/mol. The van der Waals surface area contributed by atoms with E-state index >= 15 is 0 Å². The molecule has 220 valence electrons. The molecule has 1 heterocycles. The van der Waals surface area contributed by atoms with Crippen LogP contribution in [-0.2, 0) is 6.42 Å². The third-order valence-electron chi connectivity index (χ3n) is 7.56. The number of hydrogen-bond acceptors (Lipinski definition) is 0. The van der Waals surface area contributed by atoms with E-state index in [1.807, 2.05) is 26.8 Å². The fourth-order valence-electron chi connectivity index (χ4n) is 5.68. The summed E-state index contributed by atoms with van der Waals surface area (Å²) < 4.78 is 0. The first-order chi connectivity index (χ1) is 21.7. The van der Waals surface area contributed by atoms with Gasteiger partial charge in [-0.3, -0.25) is 0 Å². The average Bonchev–Trinajstić information content (AvgIpc) is 3.48. The summed E-state index contributed by atoms with van der Waals surface area (Å²) in [4.78, 5) is 3.46. The van der Waals surface area contributed by atoms with Crippen molar-refractivity contribution in [1.82, 2.24) is 4.98 Å². The molecule has 1 aliphatic rings. The van der Waals surface area contributed by atoms with Crippen LogP contribution in [0.2, 0.25) is 0 Å². The maximum Gasteiger partial charge on any atom is 0.0462 e. The summed E-state index contributed by atoms with van der Waals surface area (Å²) in [5.41, 5.74) is 6.44. The molecule has 7 rings (SSSR count). The number of nitrogens with one attached hydrogen (secondary N) is 1. The molecule has 0 radical (unpaired) electrons. The lowest BCUT2D eigenvalue weighted by Crippen LogP contribution is -1.90. The van der Waals surface area contributed by atoms with E-state index in [9.17, 15) is 0 Å². The van der Waals surface area contributed by atoms with Gasteiger partial charge < -0.3 is 4.98 Å². The van der Waals surface area contributed by atoms with Gasteiger partial charge in [-0.1, -0.05) is 161 Å². The summed E-state index contributed by atoms with van der Waals surface area (Å²) >= 11 is 0. The molecule has 0 atom stereocenters. The van der Waals surface area contributed by atoms with Gasteiger partial charge in [0.15, 0.2) is 0 Å². The van der Waals surface area contributed by atoms with Gasteiger partial charge in [0.25, 0.3) is 0 Å². The summed E-state index contributed by atoms with van der Waals surface area (Å²) in [5.74, 6) is 0. The molecule has 5 aromatic carbocycles. The molecule has 0 unspecified atom stereocenters. The fourth-order valence-corrected chi connectivity index (χ4v) is 5.68. The van der Waals surface area contributed by atoms with Crippen molar-refractivity contribution >= 4 is 54.9 Å². The third kappa shape index (κ3) is 6.90. The number of allylic oxidation sites excluding steroid dienone is 8. The van der Waals surface area contributed by atoms with Crippen LogP contribution in [0.3, 0.4) is 0 Å². The Kier molecular flexibility index (Phi) is 11.5. The maximum atomic E-state index is 3.85. The minimum Gasteiger partial charge on any atom is -0.358 e. The van der Waals surface area contributed by atoms with Gasteiger partial charge in [0, 0.05) is 22.2 Å². The molecular formula is C43H43N. The summed E-state index contributed by atoms with van der Waals surface area (Å²) in [6.07, 6.45) is 18.2. The first-order valence-corrected chi connectivity index (χ1v) is 15.5. The number of aromatic nitrogens is 1. The Bertz CT molecular complexity index is 1950. The van der Waals surface area contributed by atoms with Crippen LogP contribution in [-0.4, -0.2) is 4.98 Å². The molecule has 0 fully saturated rings. The molecule has 0 amide bonds. The molecule has 0 spiro atoms. The Balaban J connectivity index is 0.000000193. The highest BCUT2D eigenvalue weighted by Crippen LogP contribution is 2.36. The maximum absolute atomic E-state index is 3.85. The van der Waals surface area contributed by atoms with Gasteiger partial charge in [-0.05, 0) is 75.4 Å². The molecule has 1 aromatic heterocycles. The summed E-state index contributed by atoms with van der Waals surface area (Å²) in [6.45, 7) is 16.6. The van der Waals surface area contributed by atoms with Crippen LogP contribution in [0.15, 0.2) is 153 Å². The van der Waals surface area contributed by atoms with E-state index < -0.39 is 0 Å². The highest BCUT2D eigenvalue weighted by molar-refractivity contribution is 6.25. The highest BCUT2D eigenvalue weighted by atomic mass is 14.7. The number of aryl methyl sites for hydroxylation is 1. The summed E-state index contributed by atoms with van der Waals surface area (Å²) in [5, 5.41) is 9.19. The zero-order valence-electron chi connectivity index (χ0n) is 26.3. The molecule has 44 heavy (non-hydrogen) atoms. The molecule has 0 saturated heterocycles. The first kappa shape index (κ1) is 31.8. The molecule has 0 saturated carbocycles. The van der Waals surface area contributed by atoms with Crippen molar-refractivity contribution in [3.05, 3.63) is 170 Å². The van der Waals surface area contributed by atoms with Gasteiger partial charge in [0.2, 0.25) is 0 Å². The number of H-pyrrole nitrogens is 1. The standard InChI is InChI=1S/C25H20.C12H11N.C4H6.C2H6/c1-3-9-18(10-4-2)19-15-16-24-22-13-6-5-11-20(22)21-12-7-8-14-23(21)25(24)17-19;1-3-7-11-9(5-1)10-6-2-4-8-12(10)13-11;1-3-4-2;1-2/h3-17H,1H2,2H3;1-3,5-7,13H,4,8H2;3-4H,1-2H2;1-2H3/b10-4-,18-9+;;;. The number of benzene rings is 5. The molecule has 1 nitrogen and oxygen atoms in total. The average molecular weight is 574 g/mol. The SMILES string of the molecule is C1=Cc2c([nH]c3ccccc23)CC1.C=C/C=C(\C=C/C)c1ccc2c3ccccc3c3ccccc3c2c1.C=CC=C.CC. The zero-order valence-corrected chi connectivity index (χ0v) is 26.3. The number of rotatable bonds is 4. The van der Waals surface area contributed by atoms with Gasteiger partial charge in [-0.15, -0.1) is 0 Å². The number of hydrogen-bond donors (Lipinski definition) is 1. The van der Waals surface area contributed by atoms with Crippen molar-refractivity contribution in [2.24, 2.45) is 0 Å². The van der Waals surface area contributed by atoms with Crippen molar-refractivity contribution in [3.8, 4) is 0 Å². The lowest BCUT2D eigenvalue weighted by molar-refractivity contribution is 0.951. The highest BCUT2D eigenvalue weighted by Gasteiger charge is 2.11. The largest absolute Gasteiger partial charge is 0.358 e. The Morgan fingerprint density at radius 2 is 1.20 bits per heavy atom. The number of para-hydroxylation sites is 1. The van der Waals surface area contributed by atoms with E-state index in [-0.39, 0.29) is 0 Å². The second kappa shape index (κ2) is 15.9. The van der Waals surface area contributed by atoms with Gasteiger partial charge in [0.1, 0.15) is 0 Å². The minimum atomic E-state index is 1.15. The second-order valence-corrected chi connectivity index (χ2v) is 10.2. The Morgan fingerprint density at radius 3 is 1.77 bits per heavy atom. The minimum absolute atomic E-state index is 1.15. The molecule has 1 heteroatoms. The Hall–Kier alpha value is -5.14. The lowest BCUT2D eigenvalue weighted by atomic mass is 9.92. The fraction of sp³-hybridized carbons (Fsp3) is 0.116. The van der Waals surface area contributed by atoms with Crippen molar-refractivity contribution in [3.63, 3.8) is 0 Å². The van der Waals surface area contributed by atoms with Crippen LogP contribution in [0, 0.1) is 0 Å². The predicted molar refractivity (Wildman–Crippen MR) is 199 cm³/mol. The predicted octanol–water partition coefficient (Wildman–Crippen LogP) is 12.8. The van der Waals surface area contributed by atoms with Gasteiger partial charge in [-0.2, -0.15) is 0 Å². The Morgan fingerprint density at radius 1 is 0.659 bits per heavy atom. The van der Waals surface area contributed by atoms with Crippen molar-refractivity contribution in [2.45, 2.75) is 33.6 Å². The summed E-state index contributed by atoms with van der Waals surface area (Å²) in [6, 6.07) is 32.6. The smallest absolute Gasteiger partial charge is 0.0462 e. The van der Waals surface area contributed by atoms with Crippen LogP contribution in [0.1, 0.15) is 44.0 Å². The van der Waals surface area contributed by atoms with E-state index in [1.165, 1.54) is 72.0 Å². The van der Waals surface area contributed by atoms with E-state index in [0.717, 1.165) is 6.42 Å². The van der Waals surface area contributed by atoms with Crippen LogP contribution < -0.4 is 0 Å². The normalized spacial score (nSPS) is 12.0. The van der Waals surface area contributed by atoms with Gasteiger partial charge >= 0.3 is 0 Å². The van der Waals surface area contributed by atoms with Gasteiger partial charge in [-0.25, -0.2) is 0 Å². The zero-order chi connectivity index (χ0) is 31.3. The number of fused-ring (bicyclic) bond motifs is 9. The quantitative estimate of drug-likeness (QED) is 0.159. The molecule has 0 bridgehead atoms. The van der Waals surface area contributed by atoms with E-state index in [0.29, 0.717) is 0 Å². The molecule has 0 aliphatic heterocycles. The molecule has 1 N–H and O–H groups in total. The van der Waals surface area contributed by atoms with E-state index in [2.05, 4.69) is 146 Å². The summed E-state index contributed by atoms with van der Waals surface area (Å²) in [7, 11) is 0. The van der Waals surface area contributed by atoms with Crippen LogP contribution >= 0.6 is 0 Å². The van der Waals surface area contributed by atoms with Gasteiger partial charge in [0.05, 0.1) is 0 Å². The van der Waals surface area contributed by atoms with Crippen LogP contribution in [0.5, 0.6) is 0 Å². The molecule has 6 aromatic rings. The third-order valence-corrected chi connectivity index (χ3v) is 7.56. The molecular weight excluding hydrogens is 530 g/mol.